The zero-order valence-electron chi connectivity index (χ0n) is 18.6. The van der Waals surface area contributed by atoms with Crippen molar-refractivity contribution in [1.29, 1.82) is 0 Å². The van der Waals surface area contributed by atoms with Gasteiger partial charge in [-0.2, -0.15) is 4.99 Å². The summed E-state index contributed by atoms with van der Waals surface area (Å²) in [5.41, 5.74) is 4.65. The molecule has 0 spiro atoms. The van der Waals surface area contributed by atoms with Crippen LogP contribution < -0.4 is 0 Å². The van der Waals surface area contributed by atoms with Crippen LogP contribution in [0.4, 0.5) is 14.5 Å². The standard InChI is InChI=1S/C29H23F2NS/c1-3-4-5-6-22-7-9-23(10-8-22)11-12-24-13-15-26(21(2)17-24)16-14-25-18-27(30)29(32-20-33)28(31)19-25/h7-10,13,15,17-19H,3-6H2,1-2H3. The van der Waals surface area contributed by atoms with Crippen LogP contribution in [0, 0.1) is 42.2 Å². The fourth-order valence-electron chi connectivity index (χ4n) is 3.29. The Kier molecular flexibility index (Phi) is 8.68. The molecule has 1 nitrogen and oxygen atoms in total. The Morgan fingerprint density at radius 3 is 2.06 bits per heavy atom. The van der Waals surface area contributed by atoms with Gasteiger partial charge in [-0.25, -0.2) is 8.78 Å². The van der Waals surface area contributed by atoms with Gasteiger partial charge in [-0.1, -0.05) is 55.6 Å². The van der Waals surface area contributed by atoms with Crippen LogP contribution >= 0.6 is 12.2 Å². The molecule has 33 heavy (non-hydrogen) atoms. The third-order valence-electron chi connectivity index (χ3n) is 5.12. The number of hydrogen-bond donors (Lipinski definition) is 0. The Morgan fingerprint density at radius 2 is 1.42 bits per heavy atom. The number of halogens is 2. The zero-order chi connectivity index (χ0) is 23.6. The maximum atomic E-state index is 14.0. The lowest BCUT2D eigenvalue weighted by molar-refractivity contribution is 0.587. The number of isothiocyanates is 1. The van der Waals surface area contributed by atoms with Crippen LogP contribution in [0.5, 0.6) is 0 Å². The average molecular weight is 456 g/mol. The summed E-state index contributed by atoms with van der Waals surface area (Å²) in [5.74, 6) is 10.5. The summed E-state index contributed by atoms with van der Waals surface area (Å²) in [6.45, 7) is 4.14. The minimum Gasteiger partial charge on any atom is -0.204 e. The van der Waals surface area contributed by atoms with Gasteiger partial charge in [0.15, 0.2) is 11.6 Å². The Morgan fingerprint density at radius 1 is 0.788 bits per heavy atom. The second-order valence-electron chi connectivity index (χ2n) is 7.68. The highest BCUT2D eigenvalue weighted by Gasteiger charge is 2.09. The van der Waals surface area contributed by atoms with Crippen LogP contribution in [0.25, 0.3) is 0 Å². The van der Waals surface area contributed by atoms with E-state index in [1.807, 2.05) is 30.3 Å². The number of unbranched alkanes of at least 4 members (excludes halogenated alkanes) is 2. The molecule has 3 rings (SSSR count). The molecule has 0 N–H and O–H groups in total. The highest BCUT2D eigenvalue weighted by atomic mass is 32.1. The van der Waals surface area contributed by atoms with E-state index in [1.54, 1.807) is 0 Å². The summed E-state index contributed by atoms with van der Waals surface area (Å²) in [7, 11) is 0. The van der Waals surface area contributed by atoms with Gasteiger partial charge in [0, 0.05) is 22.3 Å². The minimum atomic E-state index is -0.826. The Hall–Kier alpha value is -3.56. The van der Waals surface area contributed by atoms with Crippen molar-refractivity contribution in [1.82, 2.24) is 0 Å². The first kappa shape index (κ1) is 24.1. The van der Waals surface area contributed by atoms with E-state index in [9.17, 15) is 8.78 Å². The first-order chi connectivity index (χ1) is 16.0. The molecule has 3 aromatic carbocycles. The van der Waals surface area contributed by atoms with Gasteiger partial charge >= 0.3 is 0 Å². The maximum Gasteiger partial charge on any atom is 0.153 e. The molecule has 164 valence electrons. The molecule has 0 fully saturated rings. The molecule has 0 heterocycles. The van der Waals surface area contributed by atoms with Crippen LogP contribution in [0.15, 0.2) is 59.6 Å². The predicted octanol–water partition coefficient (Wildman–Crippen LogP) is 7.54. The molecule has 0 amide bonds. The zero-order valence-corrected chi connectivity index (χ0v) is 19.5. The highest BCUT2D eigenvalue weighted by Crippen LogP contribution is 2.23. The quantitative estimate of drug-likeness (QED) is 0.168. The Bertz CT molecular complexity index is 1290. The SMILES string of the molecule is CCCCCc1ccc(C#Cc2ccc(C#Cc3cc(F)c(N=C=S)c(F)c3)c(C)c2)cc1. The smallest absolute Gasteiger partial charge is 0.153 e. The van der Waals surface area contributed by atoms with E-state index in [0.29, 0.717) is 0 Å². The lowest BCUT2D eigenvalue weighted by atomic mass is 10.0. The van der Waals surface area contributed by atoms with Crippen molar-refractivity contribution in [2.24, 2.45) is 4.99 Å². The molecule has 0 radical (unpaired) electrons. The average Bonchev–Trinajstić information content (AvgIpc) is 2.80. The molecule has 0 aliphatic carbocycles. The van der Waals surface area contributed by atoms with E-state index in [-0.39, 0.29) is 5.56 Å². The number of thiocarbonyl (C=S) groups is 1. The molecule has 0 atom stereocenters. The number of rotatable bonds is 5. The third kappa shape index (κ3) is 6.96. The van der Waals surface area contributed by atoms with Gasteiger partial charge in [0.2, 0.25) is 0 Å². The van der Waals surface area contributed by atoms with E-state index in [4.69, 9.17) is 0 Å². The molecule has 3 aromatic rings. The molecule has 0 aliphatic rings. The first-order valence-electron chi connectivity index (χ1n) is 10.8. The monoisotopic (exact) mass is 455 g/mol. The number of aliphatic imine (C=N–C) groups is 1. The summed E-state index contributed by atoms with van der Waals surface area (Å²) in [4.78, 5) is 3.40. The van der Waals surface area contributed by atoms with Gasteiger partial charge < -0.3 is 0 Å². The lowest BCUT2D eigenvalue weighted by Crippen LogP contribution is -1.88. The van der Waals surface area contributed by atoms with E-state index in [0.717, 1.165) is 40.8 Å². The summed E-state index contributed by atoms with van der Waals surface area (Å²) in [5, 5.41) is 1.97. The second kappa shape index (κ2) is 11.9. The molecular formula is C29H23F2NS. The molecule has 0 unspecified atom stereocenters. The van der Waals surface area contributed by atoms with Crippen LogP contribution in [-0.4, -0.2) is 5.16 Å². The highest BCUT2D eigenvalue weighted by molar-refractivity contribution is 7.78. The van der Waals surface area contributed by atoms with Gasteiger partial charge in [0.05, 0.1) is 5.16 Å². The molecular weight excluding hydrogens is 432 g/mol. The van der Waals surface area contributed by atoms with Crippen LogP contribution in [0.1, 0.15) is 59.6 Å². The Labute approximate surface area is 199 Å². The van der Waals surface area contributed by atoms with Crippen molar-refractivity contribution in [3.05, 3.63) is 99.6 Å². The van der Waals surface area contributed by atoms with Crippen molar-refractivity contribution < 1.29 is 8.78 Å². The van der Waals surface area contributed by atoms with E-state index in [1.165, 1.54) is 24.8 Å². The topological polar surface area (TPSA) is 12.4 Å². The fraction of sp³-hybridized carbons (Fsp3) is 0.207. The van der Waals surface area contributed by atoms with E-state index in [2.05, 4.69) is 72.1 Å². The molecule has 0 saturated heterocycles. The summed E-state index contributed by atoms with van der Waals surface area (Å²) in [6, 6.07) is 16.4. The van der Waals surface area contributed by atoms with Crippen molar-refractivity contribution >= 4 is 23.1 Å². The number of benzene rings is 3. The maximum absolute atomic E-state index is 14.0. The van der Waals surface area contributed by atoms with Crippen LogP contribution in [-0.2, 0) is 6.42 Å². The van der Waals surface area contributed by atoms with Crippen LogP contribution in [0.2, 0.25) is 0 Å². The number of hydrogen-bond acceptors (Lipinski definition) is 2. The van der Waals surface area contributed by atoms with Crippen molar-refractivity contribution in [3.8, 4) is 23.7 Å². The van der Waals surface area contributed by atoms with Gasteiger partial charge in [-0.3, -0.25) is 0 Å². The van der Waals surface area contributed by atoms with Crippen molar-refractivity contribution in [2.45, 2.75) is 39.5 Å². The third-order valence-corrected chi connectivity index (χ3v) is 5.21. The lowest BCUT2D eigenvalue weighted by Gasteiger charge is -2.01. The van der Waals surface area contributed by atoms with Gasteiger partial charge in [-0.05, 0) is 85.6 Å². The largest absolute Gasteiger partial charge is 0.204 e. The molecule has 0 saturated carbocycles. The Balaban J connectivity index is 1.73. The minimum absolute atomic E-state index is 0.217. The predicted molar refractivity (Wildman–Crippen MR) is 134 cm³/mol. The molecule has 0 bridgehead atoms. The summed E-state index contributed by atoms with van der Waals surface area (Å²) >= 11 is 4.41. The fourth-order valence-corrected chi connectivity index (χ4v) is 3.38. The summed E-state index contributed by atoms with van der Waals surface area (Å²) < 4.78 is 27.9. The molecule has 4 heteroatoms. The number of aryl methyl sites for hydroxylation is 2. The molecule has 0 aromatic heterocycles. The number of nitrogens with zero attached hydrogens (tertiary/aromatic N) is 1. The van der Waals surface area contributed by atoms with Crippen LogP contribution in [0.3, 0.4) is 0 Å². The van der Waals surface area contributed by atoms with Crippen molar-refractivity contribution in [3.63, 3.8) is 0 Å². The molecule has 0 aliphatic heterocycles. The first-order valence-corrected chi connectivity index (χ1v) is 11.2. The van der Waals surface area contributed by atoms with Gasteiger partial charge in [0.1, 0.15) is 5.69 Å². The summed E-state index contributed by atoms with van der Waals surface area (Å²) in [6.07, 6.45) is 4.80. The van der Waals surface area contributed by atoms with Gasteiger partial charge in [-0.15, -0.1) is 0 Å². The van der Waals surface area contributed by atoms with E-state index < -0.39 is 17.3 Å². The normalized spacial score (nSPS) is 9.82. The second-order valence-corrected chi connectivity index (χ2v) is 7.86. The van der Waals surface area contributed by atoms with Crippen molar-refractivity contribution in [2.75, 3.05) is 0 Å². The van der Waals surface area contributed by atoms with E-state index >= 15 is 0 Å². The van der Waals surface area contributed by atoms with Gasteiger partial charge in [0.25, 0.3) is 0 Å².